The summed E-state index contributed by atoms with van der Waals surface area (Å²) in [5, 5.41) is 4.22. The molecule has 2 amide bonds. The van der Waals surface area contributed by atoms with Crippen LogP contribution in [0.2, 0.25) is 5.02 Å². The van der Waals surface area contributed by atoms with Crippen LogP contribution in [0.15, 0.2) is 23.2 Å². The van der Waals surface area contributed by atoms with Crippen molar-refractivity contribution in [3.8, 4) is 0 Å². The van der Waals surface area contributed by atoms with E-state index in [0.29, 0.717) is 6.54 Å². The molecule has 0 fully saturated rings. The third-order valence-corrected chi connectivity index (χ3v) is 4.35. The fourth-order valence-corrected chi connectivity index (χ4v) is 3.09. The maximum absolute atomic E-state index is 11.4. The second-order valence-corrected chi connectivity index (χ2v) is 5.85. The predicted molar refractivity (Wildman–Crippen MR) is 90.5 cm³/mol. The van der Waals surface area contributed by atoms with E-state index in [4.69, 9.17) is 11.6 Å². The number of aliphatic imine (C=N–C) groups is 1. The number of amides is 2. The highest BCUT2D eigenvalue weighted by Gasteiger charge is 2.18. The molecule has 0 saturated heterocycles. The third-order valence-electron chi connectivity index (χ3n) is 4.02. The number of carbonyl (C=O) groups excluding carboxylic acids is 1. The van der Waals surface area contributed by atoms with Gasteiger partial charge in [0.2, 0.25) is 0 Å². The maximum Gasteiger partial charge on any atom is 0.539 e. The normalized spacial score (nSPS) is 17.7. The van der Waals surface area contributed by atoms with Crippen LogP contribution in [0.4, 0.5) is 4.79 Å². The van der Waals surface area contributed by atoms with Gasteiger partial charge in [0.15, 0.2) is 6.21 Å². The van der Waals surface area contributed by atoms with Crippen LogP contribution < -0.4 is 5.32 Å². The van der Waals surface area contributed by atoms with Crippen LogP contribution >= 0.6 is 11.6 Å². The highest BCUT2D eigenvalue weighted by molar-refractivity contribution is 6.32. The van der Waals surface area contributed by atoms with Crippen LogP contribution in [-0.2, 0) is 12.8 Å². The lowest BCUT2D eigenvalue weighted by atomic mass is 9.96. The summed E-state index contributed by atoms with van der Waals surface area (Å²) in [5.74, 6) is 0. The molecule has 0 aliphatic carbocycles. The number of halogens is 1. The lowest BCUT2D eigenvalue weighted by Crippen LogP contribution is -2.16. The van der Waals surface area contributed by atoms with Crippen molar-refractivity contribution in [1.82, 2.24) is 5.32 Å². The number of rotatable bonds is 4. The molecule has 2 aliphatic heterocycles. The fourth-order valence-electron chi connectivity index (χ4n) is 2.85. The smallest absolute Gasteiger partial charge is 0.316 e. The predicted octanol–water partition coefficient (Wildman–Crippen LogP) is 2.72. The number of nitrogens with one attached hydrogen (secondary N) is 1. The largest absolute Gasteiger partial charge is 0.539 e. The van der Waals surface area contributed by atoms with Gasteiger partial charge in [0.05, 0.1) is 6.54 Å². The monoisotopic (exact) mass is 316 g/mol. The van der Waals surface area contributed by atoms with Crippen LogP contribution in [0.5, 0.6) is 0 Å². The van der Waals surface area contributed by atoms with Gasteiger partial charge >= 0.3 is 6.03 Å². The van der Waals surface area contributed by atoms with Gasteiger partial charge in [0, 0.05) is 11.4 Å². The molecule has 22 heavy (non-hydrogen) atoms. The van der Waals surface area contributed by atoms with Crippen LogP contribution in [0.1, 0.15) is 23.1 Å². The van der Waals surface area contributed by atoms with Crippen molar-refractivity contribution < 1.29 is 9.37 Å². The second kappa shape index (κ2) is 6.99. The molecule has 0 atom stereocenters. The standard InChI is InChI=1S/C17H19ClN3O/c18-16-5-4-13-6-8-19-9-7-14(13)15(16)3-1-2-11-21-12-10-20-17(21)22/h1,3-5,10,12,19H,2,6-9,11H2/q+1. The van der Waals surface area contributed by atoms with Crippen molar-refractivity contribution in [1.29, 1.82) is 0 Å². The van der Waals surface area contributed by atoms with E-state index >= 15 is 0 Å². The van der Waals surface area contributed by atoms with Gasteiger partial charge in [-0.2, -0.15) is 9.37 Å². The van der Waals surface area contributed by atoms with Gasteiger partial charge in [-0.3, -0.25) is 0 Å². The molecule has 0 bridgehead atoms. The van der Waals surface area contributed by atoms with Crippen LogP contribution in [0, 0.1) is 0 Å². The second-order valence-electron chi connectivity index (χ2n) is 5.44. The Balaban J connectivity index is 1.71. The minimum Gasteiger partial charge on any atom is -0.316 e. The molecule has 1 aromatic rings. The first-order valence-electron chi connectivity index (χ1n) is 7.61. The number of urea groups is 1. The number of nitrogens with zero attached hydrogens (tertiary/aromatic N) is 2. The lowest BCUT2D eigenvalue weighted by Gasteiger charge is -2.11. The molecule has 2 heterocycles. The van der Waals surface area contributed by atoms with E-state index in [1.54, 1.807) is 10.8 Å². The van der Waals surface area contributed by atoms with E-state index in [-0.39, 0.29) is 6.03 Å². The highest BCUT2D eigenvalue weighted by atomic mass is 35.5. The Hall–Kier alpha value is -1.78. The van der Waals surface area contributed by atoms with Crippen molar-refractivity contribution in [3.63, 3.8) is 0 Å². The Morgan fingerprint density at radius 1 is 1.32 bits per heavy atom. The van der Waals surface area contributed by atoms with E-state index in [1.165, 1.54) is 17.3 Å². The number of fused-ring (bicyclic) bond motifs is 1. The van der Waals surface area contributed by atoms with Gasteiger partial charge in [-0.1, -0.05) is 29.8 Å². The minimum atomic E-state index is -0.189. The first-order valence-corrected chi connectivity index (χ1v) is 7.99. The molecule has 0 spiro atoms. The summed E-state index contributed by atoms with van der Waals surface area (Å²) in [4.78, 5) is 15.1. The molecule has 0 aromatic heterocycles. The van der Waals surface area contributed by atoms with Crippen molar-refractivity contribution in [2.45, 2.75) is 19.3 Å². The van der Waals surface area contributed by atoms with Gasteiger partial charge < -0.3 is 5.32 Å². The van der Waals surface area contributed by atoms with Gasteiger partial charge in [-0.05, 0) is 53.7 Å². The third kappa shape index (κ3) is 3.34. The Kier molecular flexibility index (Phi) is 4.80. The number of hydrogen-bond donors (Lipinski definition) is 1. The summed E-state index contributed by atoms with van der Waals surface area (Å²) < 4.78 is 1.61. The molecule has 1 N–H and O–H groups in total. The molecule has 0 unspecified atom stereocenters. The molecule has 1 aromatic carbocycles. The Morgan fingerprint density at radius 2 is 2.18 bits per heavy atom. The van der Waals surface area contributed by atoms with E-state index < -0.39 is 0 Å². The van der Waals surface area contributed by atoms with Crippen LogP contribution in [0.25, 0.3) is 6.08 Å². The van der Waals surface area contributed by atoms with Crippen LogP contribution in [-0.4, -0.2) is 42.7 Å². The number of carbonyl (C=O) groups is 1. The summed E-state index contributed by atoms with van der Waals surface area (Å²) in [6.45, 7) is 2.65. The Bertz CT molecular complexity index is 677. The van der Waals surface area contributed by atoms with Gasteiger partial charge in [0.1, 0.15) is 6.21 Å². The minimum absolute atomic E-state index is 0.189. The summed E-state index contributed by atoms with van der Waals surface area (Å²) in [6, 6.07) is 3.93. The van der Waals surface area contributed by atoms with Crippen molar-refractivity contribution in [2.75, 3.05) is 19.6 Å². The average molecular weight is 317 g/mol. The molecule has 2 aliphatic rings. The number of benzene rings is 1. The molecule has 0 radical (unpaired) electrons. The summed E-state index contributed by atoms with van der Waals surface area (Å²) >= 11 is 6.38. The van der Waals surface area contributed by atoms with Crippen LogP contribution in [0.3, 0.4) is 0 Å². The number of hydrogen-bond acceptors (Lipinski definition) is 2. The highest BCUT2D eigenvalue weighted by Crippen LogP contribution is 2.27. The van der Waals surface area contributed by atoms with Gasteiger partial charge in [-0.15, -0.1) is 0 Å². The topological polar surface area (TPSA) is 44.5 Å². The molecule has 4 nitrogen and oxygen atoms in total. The van der Waals surface area contributed by atoms with Crippen molar-refractivity contribution in [3.05, 3.63) is 39.9 Å². The molecule has 0 saturated carbocycles. The summed E-state index contributed by atoms with van der Waals surface area (Å²) in [6.07, 6.45) is 10.2. The summed E-state index contributed by atoms with van der Waals surface area (Å²) in [7, 11) is 0. The SMILES string of the molecule is O=C1N=CC=[N+]1CCC=Cc1c(Cl)ccc2c1CCNCC2. The summed E-state index contributed by atoms with van der Waals surface area (Å²) in [5.41, 5.74) is 3.85. The molecule has 114 valence electrons. The zero-order valence-corrected chi connectivity index (χ0v) is 13.1. The van der Waals surface area contributed by atoms with Crippen molar-refractivity contribution in [2.24, 2.45) is 4.99 Å². The van der Waals surface area contributed by atoms with Crippen molar-refractivity contribution >= 4 is 36.1 Å². The van der Waals surface area contributed by atoms with E-state index in [2.05, 4.69) is 28.5 Å². The molecular formula is C17H19ClN3O+. The molecule has 5 heteroatoms. The zero-order chi connectivity index (χ0) is 15.4. The first kappa shape index (κ1) is 15.1. The maximum atomic E-state index is 11.4. The van der Waals surface area contributed by atoms with E-state index in [9.17, 15) is 4.79 Å². The first-order chi connectivity index (χ1) is 10.8. The van der Waals surface area contributed by atoms with Gasteiger partial charge in [-0.25, -0.2) is 0 Å². The fraction of sp³-hybridized carbons (Fsp3) is 0.353. The van der Waals surface area contributed by atoms with Gasteiger partial charge in [0.25, 0.3) is 0 Å². The average Bonchev–Trinajstić information content (AvgIpc) is 2.78. The molecule has 3 rings (SSSR count). The Labute approximate surface area is 135 Å². The zero-order valence-electron chi connectivity index (χ0n) is 12.4. The van der Waals surface area contributed by atoms with E-state index in [0.717, 1.165) is 42.9 Å². The molecular weight excluding hydrogens is 298 g/mol. The lowest BCUT2D eigenvalue weighted by molar-refractivity contribution is -0.415. The Morgan fingerprint density at radius 3 is 3.00 bits per heavy atom. The van der Waals surface area contributed by atoms with E-state index in [1.807, 2.05) is 6.07 Å². The quantitative estimate of drug-likeness (QED) is 0.868.